The number of para-hydroxylation sites is 2. The van der Waals surface area contributed by atoms with Gasteiger partial charge in [0.1, 0.15) is 16.7 Å². The highest BCUT2D eigenvalue weighted by Gasteiger charge is 2.37. The lowest BCUT2D eigenvalue weighted by atomic mass is 10.2. The van der Waals surface area contributed by atoms with Crippen LogP contribution < -0.4 is 14.8 Å². The van der Waals surface area contributed by atoms with Gasteiger partial charge in [-0.1, -0.05) is 24.3 Å². The molecule has 2 aromatic carbocycles. The van der Waals surface area contributed by atoms with Gasteiger partial charge < -0.3 is 10.5 Å². The first-order valence-electron chi connectivity index (χ1n) is 7.02. The number of hydrogen-bond donors (Lipinski definition) is 1. The minimum atomic E-state index is -4.06. The molecule has 0 aliphatic carbocycles. The number of fused-ring (bicyclic) bond motifs is 1. The molecular formula is C16H13N3O4S. The van der Waals surface area contributed by atoms with Gasteiger partial charge in [0.2, 0.25) is 0 Å². The van der Waals surface area contributed by atoms with Gasteiger partial charge in [-0.25, -0.2) is 8.42 Å². The summed E-state index contributed by atoms with van der Waals surface area (Å²) in [7, 11) is -4.06. The van der Waals surface area contributed by atoms with Crippen molar-refractivity contribution < 1.29 is 17.9 Å². The molecule has 0 unspecified atom stereocenters. The monoisotopic (exact) mass is 343 g/mol. The van der Waals surface area contributed by atoms with Crippen molar-refractivity contribution in [1.82, 2.24) is 0 Å². The van der Waals surface area contributed by atoms with Crippen LogP contribution in [0.3, 0.4) is 0 Å². The van der Waals surface area contributed by atoms with Crippen LogP contribution in [0.4, 0.5) is 5.69 Å². The molecule has 0 aromatic heterocycles. The van der Waals surface area contributed by atoms with Crippen LogP contribution in [0.5, 0.6) is 5.75 Å². The smallest absolute Gasteiger partial charge is 0.265 e. The summed E-state index contributed by atoms with van der Waals surface area (Å²) in [4.78, 5) is 11.4. The number of hydrogen-bond acceptors (Lipinski definition) is 5. The molecule has 2 aromatic rings. The Morgan fingerprint density at radius 3 is 2.58 bits per heavy atom. The van der Waals surface area contributed by atoms with Crippen LogP contribution in [-0.2, 0) is 14.8 Å². The second-order valence-corrected chi connectivity index (χ2v) is 6.95. The average molecular weight is 343 g/mol. The van der Waals surface area contributed by atoms with E-state index >= 15 is 0 Å². The summed E-state index contributed by atoms with van der Waals surface area (Å²) in [6.07, 6.45) is -1.11. The third kappa shape index (κ3) is 2.55. The summed E-state index contributed by atoms with van der Waals surface area (Å²) in [6, 6.07) is 14.2. The van der Waals surface area contributed by atoms with Crippen molar-refractivity contribution >= 4 is 21.6 Å². The highest BCUT2D eigenvalue weighted by Crippen LogP contribution is 2.37. The topological polar surface area (TPSA) is 113 Å². The minimum Gasteiger partial charge on any atom is -0.476 e. The first kappa shape index (κ1) is 15.8. The number of sulfonamides is 1. The van der Waals surface area contributed by atoms with Crippen LogP contribution in [-0.4, -0.2) is 27.0 Å². The van der Waals surface area contributed by atoms with Crippen molar-refractivity contribution in [2.45, 2.75) is 11.0 Å². The van der Waals surface area contributed by atoms with E-state index in [2.05, 4.69) is 0 Å². The van der Waals surface area contributed by atoms with Gasteiger partial charge >= 0.3 is 0 Å². The zero-order valence-corrected chi connectivity index (χ0v) is 13.2. The standard InChI is InChI=1S/C16H13N3O4S/c17-9-11-5-1-4-8-15(11)24(21,22)19-10-14(16(18)20)23-13-7-3-2-6-12(13)19/h1-8,14H,10H2,(H2,18,20)/t14-/m0/s1. The number of benzene rings is 2. The number of nitrogens with zero attached hydrogens (tertiary/aromatic N) is 2. The molecule has 0 fully saturated rings. The molecule has 8 heteroatoms. The van der Waals surface area contributed by atoms with Gasteiger partial charge in [-0.05, 0) is 24.3 Å². The molecule has 1 aliphatic heterocycles. The molecule has 0 saturated heterocycles. The van der Waals surface area contributed by atoms with Crippen LogP contribution in [0.2, 0.25) is 0 Å². The molecule has 0 saturated carbocycles. The highest BCUT2D eigenvalue weighted by atomic mass is 32.2. The van der Waals surface area contributed by atoms with Crippen molar-refractivity contribution in [1.29, 1.82) is 5.26 Å². The number of nitrogens with two attached hydrogens (primary N) is 1. The van der Waals surface area contributed by atoms with Crippen molar-refractivity contribution in [3.8, 4) is 11.8 Å². The molecule has 0 bridgehead atoms. The SMILES string of the molecule is N#Cc1ccccc1S(=O)(=O)N1C[C@@H](C(N)=O)Oc2ccccc21. The summed E-state index contributed by atoms with van der Waals surface area (Å²) in [5.41, 5.74) is 5.61. The minimum absolute atomic E-state index is 0.0251. The molecule has 7 nitrogen and oxygen atoms in total. The Hall–Kier alpha value is -3.05. The number of ether oxygens (including phenoxy) is 1. The van der Waals surface area contributed by atoms with Crippen LogP contribution in [0, 0.1) is 11.3 Å². The van der Waals surface area contributed by atoms with Crippen molar-refractivity contribution in [3.63, 3.8) is 0 Å². The van der Waals surface area contributed by atoms with Crippen molar-refractivity contribution in [3.05, 3.63) is 54.1 Å². The number of nitriles is 1. The lowest BCUT2D eigenvalue weighted by Crippen LogP contribution is -2.49. The summed E-state index contributed by atoms with van der Waals surface area (Å²) >= 11 is 0. The lowest BCUT2D eigenvalue weighted by Gasteiger charge is -2.34. The summed E-state index contributed by atoms with van der Waals surface area (Å²) in [5, 5.41) is 9.18. The molecule has 0 radical (unpaired) electrons. The molecule has 1 atom stereocenters. The van der Waals surface area contributed by atoms with E-state index < -0.39 is 22.0 Å². The van der Waals surface area contributed by atoms with Gasteiger partial charge in [0, 0.05) is 0 Å². The fourth-order valence-electron chi connectivity index (χ4n) is 2.48. The Labute approximate surface area is 138 Å². The Kier molecular flexibility index (Phi) is 3.87. The molecule has 24 heavy (non-hydrogen) atoms. The number of carbonyl (C=O) groups is 1. The molecule has 0 spiro atoms. The van der Waals surface area contributed by atoms with E-state index in [9.17, 15) is 18.5 Å². The second-order valence-electron chi connectivity index (χ2n) is 5.12. The van der Waals surface area contributed by atoms with E-state index in [1.54, 1.807) is 30.3 Å². The van der Waals surface area contributed by atoms with Gasteiger partial charge in [0.05, 0.1) is 17.8 Å². The van der Waals surface area contributed by atoms with Crippen LogP contribution >= 0.6 is 0 Å². The molecule has 2 N–H and O–H groups in total. The van der Waals surface area contributed by atoms with Gasteiger partial charge in [0.15, 0.2) is 6.10 Å². The first-order chi connectivity index (χ1) is 11.4. The highest BCUT2D eigenvalue weighted by molar-refractivity contribution is 7.93. The maximum Gasteiger partial charge on any atom is 0.265 e. The molecule has 3 rings (SSSR count). The van der Waals surface area contributed by atoms with E-state index in [0.29, 0.717) is 5.69 Å². The van der Waals surface area contributed by atoms with E-state index in [1.807, 2.05) is 6.07 Å². The Morgan fingerprint density at radius 1 is 1.21 bits per heavy atom. The molecular weight excluding hydrogens is 330 g/mol. The predicted molar refractivity (Wildman–Crippen MR) is 85.7 cm³/mol. The van der Waals surface area contributed by atoms with E-state index in [1.165, 1.54) is 18.2 Å². The molecule has 1 amide bonds. The number of rotatable bonds is 3. The number of primary amides is 1. The van der Waals surface area contributed by atoms with Crippen molar-refractivity contribution in [2.24, 2.45) is 5.73 Å². The Balaban J connectivity index is 2.17. The number of amides is 1. The Morgan fingerprint density at radius 2 is 1.88 bits per heavy atom. The maximum absolute atomic E-state index is 13.1. The van der Waals surface area contributed by atoms with E-state index in [0.717, 1.165) is 4.31 Å². The molecule has 1 aliphatic rings. The third-order valence-corrected chi connectivity index (χ3v) is 5.47. The third-order valence-electron chi connectivity index (χ3n) is 3.63. The van der Waals surface area contributed by atoms with Crippen molar-refractivity contribution in [2.75, 3.05) is 10.8 Å². The summed E-state index contributed by atoms with van der Waals surface area (Å²) < 4.78 is 32.6. The number of anilines is 1. The average Bonchev–Trinajstić information content (AvgIpc) is 2.60. The molecule has 122 valence electrons. The lowest BCUT2D eigenvalue weighted by molar-refractivity contribution is -0.124. The zero-order chi connectivity index (χ0) is 17.3. The van der Waals surface area contributed by atoms with Gasteiger partial charge in [0.25, 0.3) is 15.9 Å². The summed E-state index contributed by atoms with van der Waals surface area (Å²) in [6.45, 7) is -0.256. The fraction of sp³-hybridized carbons (Fsp3) is 0.125. The summed E-state index contributed by atoms with van der Waals surface area (Å²) in [5.74, 6) is -0.524. The number of carbonyl (C=O) groups excluding carboxylic acids is 1. The predicted octanol–water partition coefficient (Wildman–Crippen LogP) is 1.000. The van der Waals surface area contributed by atoms with E-state index in [-0.39, 0.29) is 22.8 Å². The largest absolute Gasteiger partial charge is 0.476 e. The van der Waals surface area contributed by atoms with Crippen LogP contribution in [0.15, 0.2) is 53.4 Å². The van der Waals surface area contributed by atoms with Gasteiger partial charge in [-0.3, -0.25) is 9.10 Å². The Bertz CT molecular complexity index is 950. The van der Waals surface area contributed by atoms with Crippen LogP contribution in [0.1, 0.15) is 5.56 Å². The van der Waals surface area contributed by atoms with E-state index in [4.69, 9.17) is 10.5 Å². The molecule has 1 heterocycles. The van der Waals surface area contributed by atoms with Gasteiger partial charge in [-0.15, -0.1) is 0 Å². The van der Waals surface area contributed by atoms with Gasteiger partial charge in [-0.2, -0.15) is 5.26 Å². The zero-order valence-electron chi connectivity index (χ0n) is 12.4. The van der Waals surface area contributed by atoms with Crippen LogP contribution in [0.25, 0.3) is 0 Å². The fourth-order valence-corrected chi connectivity index (χ4v) is 4.10. The normalized spacial score (nSPS) is 16.6. The maximum atomic E-state index is 13.1. The first-order valence-corrected chi connectivity index (χ1v) is 8.46. The second kappa shape index (κ2) is 5.86. The quantitative estimate of drug-likeness (QED) is 0.893.